The summed E-state index contributed by atoms with van der Waals surface area (Å²) < 4.78 is 10.5. The van der Waals surface area contributed by atoms with Crippen LogP contribution in [0.4, 0.5) is 5.69 Å². The van der Waals surface area contributed by atoms with Gasteiger partial charge in [-0.25, -0.2) is 0 Å². The minimum absolute atomic E-state index is 0.153. The molecule has 0 aliphatic heterocycles. The Bertz CT molecular complexity index is 655. The molecule has 1 N–H and O–H groups in total. The lowest BCUT2D eigenvalue weighted by atomic mass is 10.3. The number of ether oxygens (including phenoxy) is 1. The molecule has 2 aromatic rings. The quantitative estimate of drug-likeness (QED) is 0.885. The predicted octanol–water partition coefficient (Wildman–Crippen LogP) is 2.83. The first-order chi connectivity index (χ1) is 10.5. The average molecular weight is 324 g/mol. The molecule has 6 nitrogen and oxygen atoms in total. The molecule has 0 saturated heterocycles. The first kappa shape index (κ1) is 16.3. The topological polar surface area (TPSA) is 67.6 Å². The number of hydrogen-bond acceptors (Lipinski definition) is 5. The van der Waals surface area contributed by atoms with Crippen molar-refractivity contribution < 1.29 is 14.1 Å². The fourth-order valence-electron chi connectivity index (χ4n) is 1.70. The lowest BCUT2D eigenvalue weighted by Gasteiger charge is -2.12. The second kappa shape index (κ2) is 7.29. The zero-order valence-corrected chi connectivity index (χ0v) is 13.5. The lowest BCUT2D eigenvalue weighted by Crippen LogP contribution is -2.19. The van der Waals surface area contributed by atoms with Gasteiger partial charge in [0.25, 0.3) is 5.91 Å². The molecule has 0 atom stereocenters. The Kier molecular flexibility index (Phi) is 5.41. The molecule has 1 aromatic carbocycles. The van der Waals surface area contributed by atoms with Gasteiger partial charge in [-0.1, -0.05) is 16.8 Å². The van der Waals surface area contributed by atoms with Crippen LogP contribution in [0.3, 0.4) is 0 Å². The molecular weight excluding hydrogens is 306 g/mol. The van der Waals surface area contributed by atoms with Gasteiger partial charge in [0, 0.05) is 18.3 Å². The molecule has 0 spiro atoms. The summed E-state index contributed by atoms with van der Waals surface area (Å²) >= 11 is 6.15. The average Bonchev–Trinajstić information content (AvgIpc) is 2.87. The van der Waals surface area contributed by atoms with Gasteiger partial charge in [-0.3, -0.25) is 4.79 Å². The maximum atomic E-state index is 11.9. The molecule has 2 rings (SSSR count). The van der Waals surface area contributed by atoms with E-state index in [0.717, 1.165) is 6.54 Å². The van der Waals surface area contributed by atoms with Crippen molar-refractivity contribution in [2.45, 2.75) is 6.92 Å². The van der Waals surface area contributed by atoms with E-state index in [1.165, 1.54) is 0 Å². The van der Waals surface area contributed by atoms with Gasteiger partial charge in [-0.05, 0) is 39.2 Å². The maximum Gasteiger partial charge on any atom is 0.294 e. The van der Waals surface area contributed by atoms with Crippen LogP contribution in [0.1, 0.15) is 16.2 Å². The van der Waals surface area contributed by atoms with Crippen LogP contribution in [0, 0.1) is 6.92 Å². The Balaban J connectivity index is 1.98. The molecule has 0 fully saturated rings. The fraction of sp³-hybridized carbons (Fsp3) is 0.333. The Morgan fingerprint density at radius 3 is 2.77 bits per heavy atom. The van der Waals surface area contributed by atoms with Crippen molar-refractivity contribution in [1.29, 1.82) is 0 Å². The number of aromatic nitrogens is 1. The Morgan fingerprint density at radius 2 is 2.18 bits per heavy atom. The van der Waals surface area contributed by atoms with E-state index in [2.05, 4.69) is 10.5 Å². The number of anilines is 1. The molecule has 0 aliphatic rings. The molecule has 0 aliphatic carbocycles. The number of halogens is 1. The largest absolute Gasteiger partial charge is 0.491 e. The summed E-state index contributed by atoms with van der Waals surface area (Å²) in [6, 6.07) is 6.64. The van der Waals surface area contributed by atoms with Crippen molar-refractivity contribution in [1.82, 2.24) is 10.1 Å². The predicted molar refractivity (Wildman–Crippen MR) is 84.7 cm³/mol. The van der Waals surface area contributed by atoms with Gasteiger partial charge in [-0.2, -0.15) is 0 Å². The van der Waals surface area contributed by atoms with Crippen molar-refractivity contribution >= 4 is 23.2 Å². The number of carbonyl (C=O) groups is 1. The number of nitrogens with zero attached hydrogens (tertiary/aromatic N) is 2. The zero-order chi connectivity index (χ0) is 16.1. The van der Waals surface area contributed by atoms with E-state index in [4.69, 9.17) is 20.9 Å². The fourth-order valence-corrected chi connectivity index (χ4v) is 1.93. The molecule has 22 heavy (non-hydrogen) atoms. The Labute approximate surface area is 134 Å². The highest BCUT2D eigenvalue weighted by Gasteiger charge is 2.12. The van der Waals surface area contributed by atoms with E-state index < -0.39 is 0 Å². The lowest BCUT2D eigenvalue weighted by molar-refractivity contribution is 0.0988. The third-order valence-corrected chi connectivity index (χ3v) is 3.13. The van der Waals surface area contributed by atoms with E-state index in [9.17, 15) is 4.79 Å². The number of likely N-dealkylation sites (N-methyl/N-ethyl adjacent to an activating group) is 1. The summed E-state index contributed by atoms with van der Waals surface area (Å²) in [4.78, 5) is 14.0. The van der Waals surface area contributed by atoms with Gasteiger partial charge in [-0.15, -0.1) is 0 Å². The number of nitrogens with one attached hydrogen (secondary N) is 1. The molecule has 0 unspecified atom stereocenters. The van der Waals surface area contributed by atoms with Crippen LogP contribution in [0.25, 0.3) is 0 Å². The summed E-state index contributed by atoms with van der Waals surface area (Å²) in [7, 11) is 3.93. The van der Waals surface area contributed by atoms with Crippen molar-refractivity contribution in [3.05, 3.63) is 40.7 Å². The highest BCUT2D eigenvalue weighted by molar-refractivity contribution is 6.32. The van der Waals surface area contributed by atoms with Gasteiger partial charge < -0.3 is 19.5 Å². The summed E-state index contributed by atoms with van der Waals surface area (Å²) in [6.45, 7) is 3.08. The maximum absolute atomic E-state index is 11.9. The van der Waals surface area contributed by atoms with Gasteiger partial charge >= 0.3 is 0 Å². The monoisotopic (exact) mass is 323 g/mol. The second-order valence-electron chi connectivity index (χ2n) is 5.08. The first-order valence-corrected chi connectivity index (χ1v) is 7.15. The third kappa shape index (κ3) is 4.47. The van der Waals surface area contributed by atoms with E-state index in [0.29, 0.717) is 28.8 Å². The number of hydrogen-bond donors (Lipinski definition) is 1. The van der Waals surface area contributed by atoms with Crippen LogP contribution in [0.15, 0.2) is 28.8 Å². The number of amides is 1. The summed E-state index contributed by atoms with van der Waals surface area (Å²) in [5, 5.41) is 6.80. The van der Waals surface area contributed by atoms with Gasteiger partial charge in [0.1, 0.15) is 12.4 Å². The molecule has 7 heteroatoms. The van der Waals surface area contributed by atoms with Gasteiger partial charge in [0.05, 0.1) is 10.7 Å². The number of carbonyl (C=O) groups excluding carboxylic acids is 1. The molecule has 1 amide bonds. The van der Waals surface area contributed by atoms with Crippen molar-refractivity contribution in [2.24, 2.45) is 0 Å². The summed E-state index contributed by atoms with van der Waals surface area (Å²) in [6.07, 6.45) is 0. The van der Waals surface area contributed by atoms with Crippen LogP contribution in [0.5, 0.6) is 5.75 Å². The van der Waals surface area contributed by atoms with E-state index in [1.807, 2.05) is 19.0 Å². The van der Waals surface area contributed by atoms with Gasteiger partial charge in [0.2, 0.25) is 5.76 Å². The van der Waals surface area contributed by atoms with Crippen molar-refractivity contribution in [3.8, 4) is 5.75 Å². The van der Waals surface area contributed by atoms with E-state index in [1.54, 1.807) is 31.2 Å². The first-order valence-electron chi connectivity index (χ1n) is 6.77. The second-order valence-corrected chi connectivity index (χ2v) is 5.49. The van der Waals surface area contributed by atoms with E-state index >= 15 is 0 Å². The molecule has 0 saturated carbocycles. The Hall–Kier alpha value is -2.05. The number of rotatable bonds is 6. The number of benzene rings is 1. The third-order valence-electron chi connectivity index (χ3n) is 2.84. The Morgan fingerprint density at radius 1 is 1.41 bits per heavy atom. The van der Waals surface area contributed by atoms with E-state index in [-0.39, 0.29) is 11.7 Å². The smallest absolute Gasteiger partial charge is 0.294 e. The van der Waals surface area contributed by atoms with Gasteiger partial charge in [0.15, 0.2) is 0 Å². The molecular formula is C15H18ClN3O3. The normalized spacial score (nSPS) is 10.8. The molecule has 0 bridgehead atoms. The molecule has 1 aromatic heterocycles. The van der Waals surface area contributed by atoms with Crippen LogP contribution in [0.2, 0.25) is 5.02 Å². The summed E-state index contributed by atoms with van der Waals surface area (Å²) in [5.41, 5.74) is 1.21. The minimum atomic E-state index is -0.377. The molecule has 118 valence electrons. The summed E-state index contributed by atoms with van der Waals surface area (Å²) in [5.74, 6) is 0.356. The van der Waals surface area contributed by atoms with Crippen molar-refractivity contribution in [3.63, 3.8) is 0 Å². The highest BCUT2D eigenvalue weighted by Crippen LogP contribution is 2.27. The number of aryl methyl sites for hydroxylation is 1. The minimum Gasteiger partial charge on any atom is -0.491 e. The SMILES string of the molecule is Cc1cc(C(=O)Nc2ccc(OCCN(C)C)c(Cl)c2)on1. The standard InChI is InChI=1S/C15H18ClN3O3/c1-10-8-14(22-18-10)15(20)17-11-4-5-13(12(16)9-11)21-7-6-19(2)3/h4-5,8-9H,6-7H2,1-3H3,(H,17,20). The highest BCUT2D eigenvalue weighted by atomic mass is 35.5. The molecule has 0 radical (unpaired) electrons. The molecule has 1 heterocycles. The van der Waals surface area contributed by atoms with Crippen LogP contribution >= 0.6 is 11.6 Å². The zero-order valence-electron chi connectivity index (χ0n) is 12.7. The van der Waals surface area contributed by atoms with Crippen molar-refractivity contribution in [2.75, 3.05) is 32.6 Å². The van der Waals surface area contributed by atoms with Crippen LogP contribution in [-0.2, 0) is 0 Å². The van der Waals surface area contributed by atoms with Crippen LogP contribution < -0.4 is 10.1 Å². The van der Waals surface area contributed by atoms with Crippen LogP contribution in [-0.4, -0.2) is 43.2 Å².